The van der Waals surface area contributed by atoms with Gasteiger partial charge in [-0.1, -0.05) is 77.5 Å². The standard InChI is InChI=1S/C22H35N/c1-7-23-14-12-19(13-15-23)17-22(5,6)16-18-8-10-20(11-9-18)21(2,3)4/h8-12H,7,13-17H2,1-6H3. The average molecular weight is 314 g/mol. The van der Waals surface area contributed by atoms with Crippen molar-refractivity contribution in [2.45, 2.75) is 66.2 Å². The lowest BCUT2D eigenvalue weighted by atomic mass is 9.78. The molecule has 1 heteroatoms. The molecule has 1 aliphatic rings. The van der Waals surface area contributed by atoms with Gasteiger partial charge in [0.25, 0.3) is 0 Å². The first-order valence-corrected chi connectivity index (χ1v) is 9.19. The summed E-state index contributed by atoms with van der Waals surface area (Å²) in [4.78, 5) is 2.52. The zero-order chi connectivity index (χ0) is 17.1. The molecule has 0 fully saturated rings. The third-order valence-corrected chi connectivity index (χ3v) is 5.04. The van der Waals surface area contributed by atoms with Gasteiger partial charge in [0.05, 0.1) is 0 Å². The van der Waals surface area contributed by atoms with Crippen molar-refractivity contribution in [2.75, 3.05) is 19.6 Å². The predicted octanol–water partition coefficient (Wildman–Crippen LogP) is 5.59. The Kier molecular flexibility index (Phi) is 5.73. The van der Waals surface area contributed by atoms with Crippen LogP contribution in [0.5, 0.6) is 0 Å². The van der Waals surface area contributed by atoms with E-state index in [1.54, 1.807) is 5.57 Å². The van der Waals surface area contributed by atoms with Crippen molar-refractivity contribution in [3.63, 3.8) is 0 Å². The van der Waals surface area contributed by atoms with Crippen LogP contribution in [0.3, 0.4) is 0 Å². The predicted molar refractivity (Wildman–Crippen MR) is 102 cm³/mol. The Labute approximate surface area is 143 Å². The molecule has 0 bridgehead atoms. The number of rotatable bonds is 5. The lowest BCUT2D eigenvalue weighted by Crippen LogP contribution is -2.29. The monoisotopic (exact) mass is 313 g/mol. The van der Waals surface area contributed by atoms with Gasteiger partial charge in [-0.2, -0.15) is 0 Å². The zero-order valence-electron chi connectivity index (χ0n) is 16.1. The summed E-state index contributed by atoms with van der Waals surface area (Å²) in [5.74, 6) is 0. The van der Waals surface area contributed by atoms with Gasteiger partial charge in [0.15, 0.2) is 0 Å². The summed E-state index contributed by atoms with van der Waals surface area (Å²) in [5, 5.41) is 0. The normalized spacial score (nSPS) is 17.2. The summed E-state index contributed by atoms with van der Waals surface area (Å²) in [6.07, 6.45) is 6.11. The van der Waals surface area contributed by atoms with Crippen LogP contribution in [0, 0.1) is 5.41 Å². The third kappa shape index (κ3) is 5.49. The van der Waals surface area contributed by atoms with E-state index in [9.17, 15) is 0 Å². The van der Waals surface area contributed by atoms with Crippen molar-refractivity contribution in [3.05, 3.63) is 47.0 Å². The molecule has 1 aliphatic heterocycles. The highest BCUT2D eigenvalue weighted by atomic mass is 15.1. The van der Waals surface area contributed by atoms with Crippen LogP contribution in [-0.2, 0) is 11.8 Å². The van der Waals surface area contributed by atoms with Gasteiger partial charge in [-0.15, -0.1) is 0 Å². The molecule has 0 saturated carbocycles. The number of hydrogen-bond donors (Lipinski definition) is 0. The molecule has 0 spiro atoms. The Morgan fingerprint density at radius 1 is 0.957 bits per heavy atom. The minimum atomic E-state index is 0.242. The highest BCUT2D eigenvalue weighted by molar-refractivity contribution is 5.28. The minimum absolute atomic E-state index is 0.242. The van der Waals surface area contributed by atoms with Crippen LogP contribution in [0.25, 0.3) is 0 Å². The molecule has 0 saturated heterocycles. The average Bonchev–Trinajstić information content (AvgIpc) is 2.46. The van der Waals surface area contributed by atoms with Crippen LogP contribution in [0.4, 0.5) is 0 Å². The summed E-state index contributed by atoms with van der Waals surface area (Å²) in [6, 6.07) is 9.28. The molecule has 1 heterocycles. The molecule has 2 rings (SSSR count). The van der Waals surface area contributed by atoms with Crippen molar-refractivity contribution in [1.29, 1.82) is 0 Å². The van der Waals surface area contributed by atoms with Crippen molar-refractivity contribution in [2.24, 2.45) is 5.41 Å². The lowest BCUT2D eigenvalue weighted by Gasteiger charge is -2.31. The highest BCUT2D eigenvalue weighted by Crippen LogP contribution is 2.32. The molecular formula is C22H35N. The zero-order valence-corrected chi connectivity index (χ0v) is 16.1. The number of hydrogen-bond acceptors (Lipinski definition) is 1. The first-order valence-electron chi connectivity index (χ1n) is 9.19. The van der Waals surface area contributed by atoms with Gasteiger partial charge in [-0.25, -0.2) is 0 Å². The first kappa shape index (κ1) is 18.3. The molecule has 0 aliphatic carbocycles. The van der Waals surface area contributed by atoms with Gasteiger partial charge in [-0.3, -0.25) is 4.90 Å². The number of benzene rings is 1. The largest absolute Gasteiger partial charge is 0.300 e. The molecule has 1 aromatic rings. The van der Waals surface area contributed by atoms with Crippen LogP contribution in [0.15, 0.2) is 35.9 Å². The molecule has 0 atom stereocenters. The van der Waals surface area contributed by atoms with Crippen molar-refractivity contribution < 1.29 is 0 Å². The molecule has 0 N–H and O–H groups in total. The Morgan fingerprint density at radius 3 is 2.09 bits per heavy atom. The van der Waals surface area contributed by atoms with Crippen LogP contribution < -0.4 is 0 Å². The Bertz CT molecular complexity index is 528. The topological polar surface area (TPSA) is 3.24 Å². The van der Waals surface area contributed by atoms with Gasteiger partial charge in [0.1, 0.15) is 0 Å². The quantitative estimate of drug-likeness (QED) is 0.640. The van der Waals surface area contributed by atoms with E-state index in [0.29, 0.717) is 5.41 Å². The second-order valence-electron chi connectivity index (χ2n) is 8.97. The Hall–Kier alpha value is -1.08. The van der Waals surface area contributed by atoms with Crippen LogP contribution >= 0.6 is 0 Å². The van der Waals surface area contributed by atoms with Crippen molar-refractivity contribution in [1.82, 2.24) is 4.90 Å². The molecule has 23 heavy (non-hydrogen) atoms. The molecule has 128 valence electrons. The molecule has 0 aromatic heterocycles. The van der Waals surface area contributed by atoms with Crippen molar-refractivity contribution >= 4 is 0 Å². The number of nitrogens with zero attached hydrogens (tertiary/aromatic N) is 1. The van der Waals surface area contributed by atoms with Crippen LogP contribution in [0.1, 0.15) is 65.5 Å². The summed E-state index contributed by atoms with van der Waals surface area (Å²) in [6.45, 7) is 17.5. The molecule has 1 aromatic carbocycles. The molecule has 1 nitrogen and oxygen atoms in total. The minimum Gasteiger partial charge on any atom is -0.300 e. The fourth-order valence-corrected chi connectivity index (χ4v) is 3.55. The summed E-state index contributed by atoms with van der Waals surface area (Å²) in [5.41, 5.74) is 5.13. The SMILES string of the molecule is CCN1CC=C(CC(C)(C)Cc2ccc(C(C)(C)C)cc2)CC1. The molecule has 0 radical (unpaired) electrons. The lowest BCUT2D eigenvalue weighted by molar-refractivity contribution is 0.291. The molecule has 0 unspecified atom stereocenters. The van der Waals surface area contributed by atoms with E-state index in [-0.39, 0.29) is 5.41 Å². The third-order valence-electron chi connectivity index (χ3n) is 5.04. The maximum absolute atomic E-state index is 2.52. The van der Waals surface area contributed by atoms with Gasteiger partial charge >= 0.3 is 0 Å². The molecular weight excluding hydrogens is 278 g/mol. The maximum atomic E-state index is 2.52. The van der Waals surface area contributed by atoms with E-state index < -0.39 is 0 Å². The smallest absolute Gasteiger partial charge is 0.0165 e. The second kappa shape index (κ2) is 7.21. The second-order valence-corrected chi connectivity index (χ2v) is 8.97. The Morgan fingerprint density at radius 2 is 1.61 bits per heavy atom. The fourth-order valence-electron chi connectivity index (χ4n) is 3.55. The van der Waals surface area contributed by atoms with Crippen LogP contribution in [-0.4, -0.2) is 24.5 Å². The summed E-state index contributed by atoms with van der Waals surface area (Å²) < 4.78 is 0. The van der Waals surface area contributed by atoms with E-state index in [2.05, 4.69) is 76.8 Å². The van der Waals surface area contributed by atoms with E-state index in [1.165, 1.54) is 37.1 Å². The van der Waals surface area contributed by atoms with Gasteiger partial charge < -0.3 is 0 Å². The van der Waals surface area contributed by atoms with Crippen LogP contribution in [0.2, 0.25) is 0 Å². The maximum Gasteiger partial charge on any atom is 0.0165 e. The first-order chi connectivity index (χ1) is 10.7. The summed E-state index contributed by atoms with van der Waals surface area (Å²) in [7, 11) is 0. The van der Waals surface area contributed by atoms with E-state index >= 15 is 0 Å². The van der Waals surface area contributed by atoms with Crippen molar-refractivity contribution in [3.8, 4) is 0 Å². The van der Waals surface area contributed by atoms with Gasteiger partial charge in [0.2, 0.25) is 0 Å². The Balaban J connectivity index is 1.97. The fraction of sp³-hybridized carbons (Fsp3) is 0.636. The number of likely N-dealkylation sites (N-methyl/N-ethyl adjacent to an activating group) is 1. The van der Waals surface area contributed by atoms with Gasteiger partial charge in [-0.05, 0) is 47.8 Å². The van der Waals surface area contributed by atoms with E-state index in [0.717, 1.165) is 13.0 Å². The van der Waals surface area contributed by atoms with Gasteiger partial charge in [0, 0.05) is 13.1 Å². The molecule has 0 amide bonds. The summed E-state index contributed by atoms with van der Waals surface area (Å²) >= 11 is 0. The van der Waals surface area contributed by atoms with E-state index in [4.69, 9.17) is 0 Å². The highest BCUT2D eigenvalue weighted by Gasteiger charge is 2.22. The van der Waals surface area contributed by atoms with E-state index in [1.807, 2.05) is 0 Å².